The molecule has 1 aliphatic rings. The van der Waals surface area contributed by atoms with Crippen molar-refractivity contribution in [3.05, 3.63) is 0 Å². The van der Waals surface area contributed by atoms with Crippen molar-refractivity contribution in [2.45, 2.75) is 82.6 Å². The van der Waals surface area contributed by atoms with Crippen molar-refractivity contribution in [3.63, 3.8) is 0 Å². The topological polar surface area (TPSA) is 99.4 Å². The maximum absolute atomic E-state index is 9.88. The van der Waals surface area contributed by atoms with E-state index in [0.717, 1.165) is 19.3 Å². The van der Waals surface area contributed by atoms with Crippen molar-refractivity contribution in [3.8, 4) is 0 Å². The van der Waals surface area contributed by atoms with Gasteiger partial charge in [-0.1, -0.05) is 45.4 Å². The summed E-state index contributed by atoms with van der Waals surface area (Å²) in [5, 5.41) is 38.3. The molecule has 0 unspecified atom stereocenters. The molecule has 0 aliphatic carbocycles. The minimum Gasteiger partial charge on any atom is -0.394 e. The lowest BCUT2D eigenvalue weighted by Gasteiger charge is -2.39. The van der Waals surface area contributed by atoms with Gasteiger partial charge in [0.25, 0.3) is 0 Å². The van der Waals surface area contributed by atoms with Crippen molar-refractivity contribution in [1.29, 1.82) is 0 Å². The van der Waals surface area contributed by atoms with Crippen LogP contribution in [0.25, 0.3) is 0 Å². The van der Waals surface area contributed by atoms with Gasteiger partial charge < -0.3 is 29.9 Å². The Morgan fingerprint density at radius 3 is 2.14 bits per heavy atom. The van der Waals surface area contributed by atoms with E-state index in [1.807, 2.05) is 0 Å². The van der Waals surface area contributed by atoms with Crippen molar-refractivity contribution in [2.75, 3.05) is 13.2 Å². The van der Waals surface area contributed by atoms with Gasteiger partial charge in [0.05, 0.1) is 6.61 Å². The van der Waals surface area contributed by atoms with E-state index in [-0.39, 0.29) is 0 Å². The molecule has 5 atom stereocenters. The molecule has 0 aromatic heterocycles. The first-order valence-corrected chi connectivity index (χ1v) is 8.04. The normalized spacial score (nSPS) is 33.3. The number of ether oxygens (including phenoxy) is 2. The van der Waals surface area contributed by atoms with E-state index in [2.05, 4.69) is 6.92 Å². The van der Waals surface area contributed by atoms with Crippen molar-refractivity contribution in [1.82, 2.24) is 0 Å². The molecule has 0 aromatic rings. The molecule has 6 nitrogen and oxygen atoms in total. The van der Waals surface area contributed by atoms with Crippen LogP contribution in [0.1, 0.15) is 51.9 Å². The molecule has 0 aromatic carbocycles. The fraction of sp³-hybridized carbons (Fsp3) is 1.00. The van der Waals surface area contributed by atoms with Crippen LogP contribution in [0.2, 0.25) is 0 Å². The van der Waals surface area contributed by atoms with Gasteiger partial charge in [-0.25, -0.2) is 0 Å². The van der Waals surface area contributed by atoms with Crippen LogP contribution >= 0.6 is 0 Å². The van der Waals surface area contributed by atoms with Crippen molar-refractivity contribution >= 4 is 0 Å². The van der Waals surface area contributed by atoms with E-state index in [9.17, 15) is 15.3 Å². The summed E-state index contributed by atoms with van der Waals surface area (Å²) >= 11 is 0. The molecule has 0 spiro atoms. The van der Waals surface area contributed by atoms with E-state index < -0.39 is 37.3 Å². The van der Waals surface area contributed by atoms with E-state index in [0.29, 0.717) is 6.61 Å². The highest BCUT2D eigenvalue weighted by Gasteiger charge is 2.44. The van der Waals surface area contributed by atoms with Crippen LogP contribution in [-0.2, 0) is 9.47 Å². The van der Waals surface area contributed by atoms with Crippen molar-refractivity contribution < 1.29 is 29.9 Å². The molecule has 0 amide bonds. The van der Waals surface area contributed by atoms with Gasteiger partial charge in [0, 0.05) is 6.61 Å². The lowest BCUT2D eigenvalue weighted by molar-refractivity contribution is -0.296. The Hall–Kier alpha value is -0.240. The first kappa shape index (κ1) is 18.8. The molecule has 1 fully saturated rings. The zero-order chi connectivity index (χ0) is 15.7. The Kier molecular flexibility index (Phi) is 9.39. The van der Waals surface area contributed by atoms with Gasteiger partial charge >= 0.3 is 0 Å². The third-order valence-corrected chi connectivity index (χ3v) is 3.90. The Bertz CT molecular complexity index is 263. The number of aliphatic hydroxyl groups is 4. The number of rotatable bonds is 10. The molecule has 0 saturated carbocycles. The minimum atomic E-state index is -1.33. The molecule has 1 heterocycles. The fourth-order valence-electron chi connectivity index (χ4n) is 2.53. The Labute approximate surface area is 126 Å². The summed E-state index contributed by atoms with van der Waals surface area (Å²) in [6, 6.07) is 0. The Morgan fingerprint density at radius 1 is 0.905 bits per heavy atom. The smallest absolute Gasteiger partial charge is 0.184 e. The molecule has 6 heteroatoms. The lowest BCUT2D eigenvalue weighted by atomic mass is 9.99. The van der Waals surface area contributed by atoms with Crippen LogP contribution in [0, 0.1) is 0 Å². The van der Waals surface area contributed by atoms with Gasteiger partial charge in [-0.3, -0.25) is 0 Å². The van der Waals surface area contributed by atoms with Crippen LogP contribution in [0.3, 0.4) is 0 Å². The molecule has 1 aliphatic heterocycles. The summed E-state index contributed by atoms with van der Waals surface area (Å²) < 4.78 is 10.5. The van der Waals surface area contributed by atoms with Crippen LogP contribution in [0.4, 0.5) is 0 Å². The maximum Gasteiger partial charge on any atom is 0.184 e. The summed E-state index contributed by atoms with van der Waals surface area (Å²) in [4.78, 5) is 0. The summed E-state index contributed by atoms with van der Waals surface area (Å²) in [6.07, 6.45) is 2.27. The van der Waals surface area contributed by atoms with Gasteiger partial charge in [-0.15, -0.1) is 0 Å². The molecule has 0 radical (unpaired) electrons. The van der Waals surface area contributed by atoms with Crippen LogP contribution < -0.4 is 0 Å². The fourth-order valence-corrected chi connectivity index (χ4v) is 2.53. The quantitative estimate of drug-likeness (QED) is 0.440. The molecule has 1 rings (SSSR count). The molecule has 1 saturated heterocycles. The van der Waals surface area contributed by atoms with Gasteiger partial charge in [0.15, 0.2) is 6.29 Å². The Morgan fingerprint density at radius 2 is 1.52 bits per heavy atom. The molecule has 126 valence electrons. The van der Waals surface area contributed by atoms with E-state index >= 15 is 0 Å². The van der Waals surface area contributed by atoms with Gasteiger partial charge in [-0.2, -0.15) is 0 Å². The molecular weight excluding hydrogens is 276 g/mol. The second-order valence-electron chi connectivity index (χ2n) is 5.69. The summed E-state index contributed by atoms with van der Waals surface area (Å²) in [5.74, 6) is 0. The average molecular weight is 306 g/mol. The lowest BCUT2D eigenvalue weighted by Crippen LogP contribution is -2.59. The van der Waals surface area contributed by atoms with Crippen LogP contribution in [0.15, 0.2) is 0 Å². The van der Waals surface area contributed by atoms with Gasteiger partial charge in [0.2, 0.25) is 0 Å². The highest BCUT2D eigenvalue weighted by molar-refractivity contribution is 4.89. The standard InChI is InChI=1S/C15H30O6/c1-2-3-4-5-6-7-8-9-20-14-13(18)12(17)11(10-16)21-15(14)19/h11-19H,2-10H2,1H3/t11-,12-,13+,14-,15-/m1/s1. The number of hydrogen-bond donors (Lipinski definition) is 4. The third-order valence-electron chi connectivity index (χ3n) is 3.90. The van der Waals surface area contributed by atoms with Crippen LogP contribution in [-0.4, -0.2) is 64.3 Å². The largest absolute Gasteiger partial charge is 0.394 e. The van der Waals surface area contributed by atoms with Crippen molar-refractivity contribution in [2.24, 2.45) is 0 Å². The summed E-state index contributed by atoms with van der Waals surface area (Å²) in [7, 11) is 0. The zero-order valence-electron chi connectivity index (χ0n) is 12.9. The monoisotopic (exact) mass is 306 g/mol. The highest BCUT2D eigenvalue weighted by atomic mass is 16.7. The van der Waals surface area contributed by atoms with Gasteiger partial charge in [-0.05, 0) is 6.42 Å². The first-order chi connectivity index (χ1) is 10.1. The molecular formula is C15H30O6. The Balaban J connectivity index is 2.16. The highest BCUT2D eigenvalue weighted by Crippen LogP contribution is 2.22. The SMILES string of the molecule is CCCCCCCCCO[C@@H]1[C@@H](O)[C@H](O)[C@@H](CO)O[C@H]1O. The van der Waals surface area contributed by atoms with E-state index in [4.69, 9.17) is 14.6 Å². The summed E-state index contributed by atoms with van der Waals surface area (Å²) in [6.45, 7) is 2.14. The van der Waals surface area contributed by atoms with E-state index in [1.54, 1.807) is 0 Å². The summed E-state index contributed by atoms with van der Waals surface area (Å²) in [5.41, 5.74) is 0. The second-order valence-corrected chi connectivity index (χ2v) is 5.69. The number of unbranched alkanes of at least 4 members (excludes halogenated alkanes) is 6. The molecule has 21 heavy (non-hydrogen) atoms. The number of hydrogen-bond acceptors (Lipinski definition) is 6. The second kappa shape index (κ2) is 10.5. The molecule has 0 bridgehead atoms. The first-order valence-electron chi connectivity index (χ1n) is 8.04. The number of aliphatic hydroxyl groups excluding tert-OH is 4. The maximum atomic E-state index is 9.88. The zero-order valence-corrected chi connectivity index (χ0v) is 12.9. The van der Waals surface area contributed by atoms with Gasteiger partial charge in [0.1, 0.15) is 24.4 Å². The predicted molar refractivity (Wildman–Crippen MR) is 77.7 cm³/mol. The molecule has 4 N–H and O–H groups in total. The predicted octanol–water partition coefficient (Wildman–Crippen LogP) is 0.553. The average Bonchev–Trinajstić information content (AvgIpc) is 2.48. The third kappa shape index (κ3) is 6.18. The van der Waals surface area contributed by atoms with Crippen LogP contribution in [0.5, 0.6) is 0 Å². The van der Waals surface area contributed by atoms with E-state index in [1.165, 1.54) is 25.7 Å². The minimum absolute atomic E-state index is 0.409.